The van der Waals surface area contributed by atoms with Crippen molar-refractivity contribution in [2.24, 2.45) is 34.0 Å². The van der Waals surface area contributed by atoms with Gasteiger partial charge < -0.3 is 0 Å². The van der Waals surface area contributed by atoms with Crippen LogP contribution in [0.5, 0.6) is 0 Å². The van der Waals surface area contributed by atoms with Gasteiger partial charge >= 0.3 is 0 Å². The lowest BCUT2D eigenvalue weighted by Crippen LogP contribution is -2.25. The molecule has 0 amide bonds. The van der Waals surface area contributed by atoms with Gasteiger partial charge in [-0.2, -0.15) is 0 Å². The van der Waals surface area contributed by atoms with E-state index in [1.165, 1.54) is 19.3 Å². The number of rotatable bonds is 5. The van der Waals surface area contributed by atoms with Crippen LogP contribution in [0.25, 0.3) is 0 Å². The van der Waals surface area contributed by atoms with Crippen LogP contribution in [0.4, 0.5) is 0 Å². The summed E-state index contributed by atoms with van der Waals surface area (Å²) in [5.41, 5.74) is -0.423. The van der Waals surface area contributed by atoms with Gasteiger partial charge in [-0.25, -0.2) is 0 Å². The summed E-state index contributed by atoms with van der Waals surface area (Å²) in [7, 11) is 0. The van der Waals surface area contributed by atoms with Crippen LogP contribution in [0, 0.1) is 34.0 Å². The van der Waals surface area contributed by atoms with E-state index in [0.717, 1.165) is 12.3 Å². The smallest absolute Gasteiger partial charge is 0.140 e. The molecule has 0 radical (unpaired) electrons. The summed E-state index contributed by atoms with van der Waals surface area (Å²) < 4.78 is 0. The Balaban J connectivity index is -0.000000376. The predicted molar refractivity (Wildman–Crippen MR) is 136 cm³/mol. The summed E-state index contributed by atoms with van der Waals surface area (Å²) in [6.45, 7) is 25.8. The molecule has 1 rings (SSSR count). The number of Topliss-reactive ketones (excluding diaryl/α,β-unsaturated/α-hetero) is 3. The van der Waals surface area contributed by atoms with E-state index < -0.39 is 0 Å². The molecular weight excluding hydrogens is 384 g/mol. The summed E-state index contributed by atoms with van der Waals surface area (Å²) in [6, 6.07) is 0. The average molecular weight is 441 g/mol. The molecule has 1 saturated carbocycles. The molecule has 0 N–H and O–H groups in total. The van der Waals surface area contributed by atoms with Gasteiger partial charge in [-0.05, 0) is 11.8 Å². The first-order valence-corrected chi connectivity index (χ1v) is 11.8. The van der Waals surface area contributed by atoms with Crippen LogP contribution in [0.1, 0.15) is 130 Å². The Bertz CT molecular complexity index is 530. The molecule has 31 heavy (non-hydrogen) atoms. The van der Waals surface area contributed by atoms with Crippen molar-refractivity contribution in [3.63, 3.8) is 0 Å². The van der Waals surface area contributed by atoms with Crippen molar-refractivity contribution in [3.8, 4) is 0 Å². The second kappa shape index (κ2) is 14.2. The summed E-state index contributed by atoms with van der Waals surface area (Å²) >= 11 is 0. The zero-order valence-corrected chi connectivity index (χ0v) is 22.5. The standard InChI is InChI=1S/C10H18O.C9H18O.C8H16O.CH4/c1-10(2,3)9(11)7-8-5-4-6-8;1-7(2)6-8(10)9(3,4)5;1-6(2)7(9)8(3,4)5;/h8H,4-7H2,1-3H3;7H,6H2,1-5H3;6H,1-5H3;1H4. The van der Waals surface area contributed by atoms with E-state index >= 15 is 0 Å². The van der Waals surface area contributed by atoms with Gasteiger partial charge in [0, 0.05) is 35.0 Å². The quantitative estimate of drug-likeness (QED) is 0.431. The van der Waals surface area contributed by atoms with Crippen LogP contribution in [-0.4, -0.2) is 17.3 Å². The van der Waals surface area contributed by atoms with Gasteiger partial charge in [-0.3, -0.25) is 14.4 Å². The third-order valence-electron chi connectivity index (χ3n) is 5.23. The fourth-order valence-electron chi connectivity index (χ4n) is 2.81. The summed E-state index contributed by atoms with van der Waals surface area (Å²) in [5.74, 6) is 2.52. The molecule has 0 aromatic rings. The van der Waals surface area contributed by atoms with Gasteiger partial charge in [-0.1, -0.05) is 117 Å². The Morgan fingerprint density at radius 3 is 1.23 bits per heavy atom. The molecule has 0 atom stereocenters. The van der Waals surface area contributed by atoms with Crippen molar-refractivity contribution < 1.29 is 14.4 Å². The van der Waals surface area contributed by atoms with Crippen LogP contribution < -0.4 is 0 Å². The molecule has 0 unspecified atom stereocenters. The molecule has 0 saturated heterocycles. The summed E-state index contributed by atoms with van der Waals surface area (Å²) in [5, 5.41) is 0. The molecule has 0 aromatic carbocycles. The third kappa shape index (κ3) is 17.3. The zero-order valence-electron chi connectivity index (χ0n) is 22.5. The average Bonchev–Trinajstić information content (AvgIpc) is 2.47. The lowest BCUT2D eigenvalue weighted by molar-refractivity contribution is -0.129. The van der Waals surface area contributed by atoms with Gasteiger partial charge in [0.25, 0.3) is 0 Å². The van der Waals surface area contributed by atoms with E-state index in [0.29, 0.717) is 29.7 Å². The zero-order chi connectivity index (χ0) is 24.5. The van der Waals surface area contributed by atoms with E-state index in [-0.39, 0.29) is 29.6 Å². The Labute approximate surface area is 195 Å². The maximum atomic E-state index is 11.5. The summed E-state index contributed by atoms with van der Waals surface area (Å²) in [4.78, 5) is 33.9. The minimum atomic E-state index is -0.159. The highest BCUT2D eigenvalue weighted by Crippen LogP contribution is 2.32. The van der Waals surface area contributed by atoms with Crippen LogP contribution in [-0.2, 0) is 14.4 Å². The molecule has 0 aliphatic heterocycles. The maximum Gasteiger partial charge on any atom is 0.140 e. The van der Waals surface area contributed by atoms with Crippen molar-refractivity contribution in [2.75, 3.05) is 0 Å². The topological polar surface area (TPSA) is 51.2 Å². The molecule has 1 aliphatic carbocycles. The molecule has 0 heterocycles. The first kappa shape index (κ1) is 34.6. The second-order valence-electron chi connectivity index (χ2n) is 12.7. The summed E-state index contributed by atoms with van der Waals surface area (Å²) in [6.07, 6.45) is 5.43. The fraction of sp³-hybridized carbons (Fsp3) is 0.893. The van der Waals surface area contributed by atoms with Crippen molar-refractivity contribution in [1.82, 2.24) is 0 Å². The number of carbonyl (C=O) groups is 3. The monoisotopic (exact) mass is 440 g/mol. The molecule has 186 valence electrons. The van der Waals surface area contributed by atoms with Gasteiger partial charge in [0.05, 0.1) is 0 Å². The molecular formula is C28H56O3. The number of carbonyl (C=O) groups excluding carboxylic acids is 3. The first-order chi connectivity index (χ1) is 13.2. The van der Waals surface area contributed by atoms with Crippen LogP contribution in [0.3, 0.4) is 0 Å². The molecule has 0 aromatic heterocycles. The Morgan fingerprint density at radius 1 is 0.710 bits per heavy atom. The van der Waals surface area contributed by atoms with Crippen molar-refractivity contribution in [1.29, 1.82) is 0 Å². The second-order valence-corrected chi connectivity index (χ2v) is 12.7. The molecule has 3 nitrogen and oxygen atoms in total. The highest BCUT2D eigenvalue weighted by molar-refractivity contribution is 5.85. The highest BCUT2D eigenvalue weighted by Gasteiger charge is 2.27. The minimum Gasteiger partial charge on any atom is -0.299 e. The van der Waals surface area contributed by atoms with Gasteiger partial charge in [-0.15, -0.1) is 0 Å². The van der Waals surface area contributed by atoms with Crippen LogP contribution >= 0.6 is 0 Å². The SMILES string of the molecule is C.CC(C)(C)C(=O)CC1CCC1.CC(C)C(=O)C(C)(C)C.CC(C)CC(=O)C(C)(C)C. The van der Waals surface area contributed by atoms with Gasteiger partial charge in [0.2, 0.25) is 0 Å². The van der Waals surface area contributed by atoms with Crippen molar-refractivity contribution in [3.05, 3.63) is 0 Å². The largest absolute Gasteiger partial charge is 0.299 e. The highest BCUT2D eigenvalue weighted by atomic mass is 16.1. The van der Waals surface area contributed by atoms with Crippen LogP contribution in [0.15, 0.2) is 0 Å². The minimum absolute atomic E-state index is 0. The van der Waals surface area contributed by atoms with E-state index in [1.54, 1.807) is 0 Å². The van der Waals surface area contributed by atoms with E-state index in [4.69, 9.17) is 0 Å². The molecule has 0 bridgehead atoms. The number of hydrogen-bond donors (Lipinski definition) is 0. The van der Waals surface area contributed by atoms with Crippen molar-refractivity contribution >= 4 is 17.3 Å². The van der Waals surface area contributed by atoms with Crippen LogP contribution in [0.2, 0.25) is 0 Å². The normalized spacial score (nSPS) is 14.4. The maximum absolute atomic E-state index is 11.5. The van der Waals surface area contributed by atoms with Crippen molar-refractivity contribution in [2.45, 2.75) is 130 Å². The van der Waals surface area contributed by atoms with E-state index in [1.807, 2.05) is 76.2 Å². The third-order valence-corrected chi connectivity index (χ3v) is 5.23. The predicted octanol–water partition coefficient (Wildman–Crippen LogP) is 8.33. The molecule has 1 fully saturated rings. The lowest BCUT2D eigenvalue weighted by atomic mass is 9.77. The number of ketones is 3. The molecule has 3 heteroatoms. The van der Waals surface area contributed by atoms with E-state index in [9.17, 15) is 14.4 Å². The Hall–Kier alpha value is -0.990. The first-order valence-electron chi connectivity index (χ1n) is 11.8. The molecule has 1 aliphatic rings. The van der Waals surface area contributed by atoms with E-state index in [2.05, 4.69) is 13.8 Å². The Kier molecular flexibility index (Phi) is 15.9. The Morgan fingerprint density at radius 2 is 1.10 bits per heavy atom. The molecule has 0 spiro atoms. The fourth-order valence-corrected chi connectivity index (χ4v) is 2.81. The van der Waals surface area contributed by atoms with Gasteiger partial charge in [0.15, 0.2) is 0 Å². The number of hydrogen-bond acceptors (Lipinski definition) is 3. The lowest BCUT2D eigenvalue weighted by Gasteiger charge is -2.27. The van der Waals surface area contributed by atoms with Gasteiger partial charge in [0.1, 0.15) is 17.3 Å².